The first-order chi connectivity index (χ1) is 19.2. The molecule has 0 radical (unpaired) electrons. The predicted molar refractivity (Wildman–Crippen MR) is 151 cm³/mol. The van der Waals surface area contributed by atoms with Gasteiger partial charge >= 0.3 is 12.1 Å². The van der Waals surface area contributed by atoms with Crippen LogP contribution in [0.5, 0.6) is 0 Å². The van der Waals surface area contributed by atoms with Gasteiger partial charge < -0.3 is 15.5 Å². The molecule has 0 saturated heterocycles. The molecule has 2 unspecified atom stereocenters. The second kappa shape index (κ2) is 10.7. The van der Waals surface area contributed by atoms with E-state index in [0.717, 1.165) is 12.3 Å². The van der Waals surface area contributed by atoms with Gasteiger partial charge in [0, 0.05) is 28.7 Å². The highest BCUT2D eigenvalue weighted by atomic mass is 35.5. The summed E-state index contributed by atoms with van der Waals surface area (Å²) in [6.45, 7) is 3.68. The Morgan fingerprint density at radius 2 is 1.85 bits per heavy atom. The molecule has 3 N–H and O–H groups in total. The summed E-state index contributed by atoms with van der Waals surface area (Å²) in [4.78, 5) is 24.5. The van der Waals surface area contributed by atoms with Crippen LogP contribution in [0.1, 0.15) is 43.8 Å². The number of aromatic nitrogens is 3. The first kappa shape index (κ1) is 29.0. The molecule has 1 saturated carbocycles. The highest BCUT2D eigenvalue weighted by Gasteiger charge is 2.49. The topological polar surface area (TPSA) is 108 Å². The second-order valence-electron chi connectivity index (χ2n) is 10.8. The van der Waals surface area contributed by atoms with Crippen molar-refractivity contribution in [3.05, 3.63) is 76.6 Å². The number of carbonyl (C=O) groups is 1. The molecule has 41 heavy (non-hydrogen) atoms. The fourth-order valence-corrected chi connectivity index (χ4v) is 6.66. The Bertz CT molecular complexity index is 1610. The van der Waals surface area contributed by atoms with Gasteiger partial charge in [0.2, 0.25) is 5.95 Å². The Balaban J connectivity index is 1.53. The Labute approximate surface area is 243 Å². The first-order valence-electron chi connectivity index (χ1n) is 12.7. The summed E-state index contributed by atoms with van der Waals surface area (Å²) < 4.78 is 39.7. The molecule has 2 heterocycles. The lowest BCUT2D eigenvalue weighted by atomic mass is 9.63. The van der Waals surface area contributed by atoms with Crippen molar-refractivity contribution < 1.29 is 28.2 Å². The number of alkyl halides is 3. The maximum absolute atomic E-state index is 13.2. The molecule has 4 aromatic rings. The average Bonchev–Trinajstić information content (AvgIpc) is 3.39. The third-order valence-corrected chi connectivity index (χ3v) is 8.91. The van der Waals surface area contributed by atoms with Crippen LogP contribution in [-0.2, 0) is 16.6 Å². The molecule has 5 rings (SSSR count). The van der Waals surface area contributed by atoms with E-state index in [9.17, 15) is 28.2 Å². The maximum atomic E-state index is 13.2. The summed E-state index contributed by atoms with van der Waals surface area (Å²) in [7, 11) is 0. The lowest BCUT2D eigenvalue weighted by Crippen LogP contribution is -2.44. The van der Waals surface area contributed by atoms with E-state index >= 15 is 0 Å². The summed E-state index contributed by atoms with van der Waals surface area (Å²) >= 11 is 7.75. The zero-order valence-electron chi connectivity index (χ0n) is 22.0. The monoisotopic (exact) mass is 602 g/mol. The van der Waals surface area contributed by atoms with Crippen molar-refractivity contribution in [3.63, 3.8) is 0 Å². The largest absolute Gasteiger partial charge is 0.481 e. The number of rotatable bonds is 6. The van der Waals surface area contributed by atoms with Crippen LogP contribution in [0.3, 0.4) is 0 Å². The van der Waals surface area contributed by atoms with E-state index in [1.54, 1.807) is 30.5 Å². The molecular formula is C29H26ClF3N4O3S. The van der Waals surface area contributed by atoms with Crippen molar-refractivity contribution >= 4 is 40.5 Å². The molecule has 0 amide bonds. The standard InChI is InChI=1S/C29H26ClF3N4O3S/c1-27(2)15-28(40,9-7-20(27)24(38)39)25-35-14-22(41-25)17-11-16(19-5-3-4-6-21(19)30)12-18(13-17)36-26-34-10-8-23(37-26)29(31,32)33/h3-6,8,10-14,20,40H,7,9,15H2,1-2H3,(H,38,39)(H,34,36,37). The van der Waals surface area contributed by atoms with Gasteiger partial charge in [-0.25, -0.2) is 15.0 Å². The van der Waals surface area contributed by atoms with Gasteiger partial charge in [-0.1, -0.05) is 43.6 Å². The highest BCUT2D eigenvalue weighted by Crippen LogP contribution is 2.51. The van der Waals surface area contributed by atoms with Gasteiger partial charge in [0.25, 0.3) is 0 Å². The number of thiazole rings is 1. The smallest absolute Gasteiger partial charge is 0.433 e. The van der Waals surface area contributed by atoms with E-state index in [-0.39, 0.29) is 18.8 Å². The van der Waals surface area contributed by atoms with E-state index in [4.69, 9.17) is 11.6 Å². The van der Waals surface area contributed by atoms with Crippen LogP contribution in [0.15, 0.2) is 60.9 Å². The van der Waals surface area contributed by atoms with Gasteiger partial charge in [-0.05, 0) is 66.1 Å². The number of aliphatic carboxylic acids is 1. The van der Waals surface area contributed by atoms with Gasteiger partial charge in [-0.15, -0.1) is 11.3 Å². The summed E-state index contributed by atoms with van der Waals surface area (Å²) in [6, 6.07) is 13.3. The number of aliphatic hydroxyl groups is 1. The molecular weight excluding hydrogens is 577 g/mol. The second-order valence-corrected chi connectivity index (χ2v) is 12.3. The van der Waals surface area contributed by atoms with Crippen molar-refractivity contribution in [1.29, 1.82) is 0 Å². The Hall–Kier alpha value is -3.54. The molecule has 2 aromatic heterocycles. The fourth-order valence-electron chi connectivity index (χ4n) is 5.40. The van der Waals surface area contributed by atoms with E-state index in [0.29, 0.717) is 43.7 Å². The average molecular weight is 603 g/mol. The van der Waals surface area contributed by atoms with Gasteiger partial charge in [0.05, 0.1) is 10.8 Å². The number of nitrogens with zero attached hydrogens (tertiary/aromatic N) is 3. The molecule has 1 aliphatic carbocycles. The van der Waals surface area contributed by atoms with Crippen LogP contribution in [0.4, 0.5) is 24.8 Å². The molecule has 7 nitrogen and oxygen atoms in total. The Kier molecular flexibility index (Phi) is 7.56. The van der Waals surface area contributed by atoms with Crippen LogP contribution in [-0.4, -0.2) is 31.1 Å². The van der Waals surface area contributed by atoms with Gasteiger partial charge in [-0.3, -0.25) is 4.79 Å². The van der Waals surface area contributed by atoms with Crippen LogP contribution in [0, 0.1) is 11.3 Å². The lowest BCUT2D eigenvalue weighted by molar-refractivity contribution is -0.154. The number of anilines is 2. The number of carboxylic acid groups (broad SMARTS) is 1. The van der Waals surface area contributed by atoms with Crippen LogP contribution in [0.2, 0.25) is 5.02 Å². The minimum Gasteiger partial charge on any atom is -0.481 e. The van der Waals surface area contributed by atoms with E-state index in [2.05, 4.69) is 20.3 Å². The fraction of sp³-hybridized carbons (Fsp3) is 0.310. The molecule has 214 valence electrons. The van der Waals surface area contributed by atoms with Crippen molar-refractivity contribution in [2.24, 2.45) is 11.3 Å². The summed E-state index contributed by atoms with van der Waals surface area (Å²) in [5, 5.41) is 25.0. The normalized spacial score (nSPS) is 20.5. The molecule has 2 atom stereocenters. The molecule has 1 aliphatic rings. The number of hydrogen-bond donors (Lipinski definition) is 3. The van der Waals surface area contributed by atoms with Crippen molar-refractivity contribution in [1.82, 2.24) is 15.0 Å². The van der Waals surface area contributed by atoms with Crippen molar-refractivity contribution in [2.45, 2.75) is 44.9 Å². The molecule has 0 spiro atoms. The molecule has 0 bridgehead atoms. The zero-order chi connectivity index (χ0) is 29.6. The molecule has 12 heteroatoms. The maximum Gasteiger partial charge on any atom is 0.433 e. The number of nitrogens with one attached hydrogen (secondary N) is 1. The van der Waals surface area contributed by atoms with Crippen LogP contribution >= 0.6 is 22.9 Å². The number of carboxylic acids is 1. The predicted octanol–water partition coefficient (Wildman–Crippen LogP) is 7.78. The minimum atomic E-state index is -4.62. The lowest BCUT2D eigenvalue weighted by Gasteiger charge is -2.44. The SMILES string of the molecule is CC1(C)CC(O)(c2ncc(-c3cc(Nc4nccc(C(F)(F)F)n4)cc(-c4ccccc4Cl)c3)s2)CCC1C(=O)O. The summed E-state index contributed by atoms with van der Waals surface area (Å²) in [5.41, 5.74) is -0.488. The molecule has 2 aromatic carbocycles. The van der Waals surface area contributed by atoms with E-state index in [1.165, 1.54) is 11.3 Å². The first-order valence-corrected chi connectivity index (χ1v) is 13.9. The third-order valence-electron chi connectivity index (χ3n) is 7.34. The minimum absolute atomic E-state index is 0.223. The highest BCUT2D eigenvalue weighted by molar-refractivity contribution is 7.15. The van der Waals surface area contributed by atoms with Gasteiger partial charge in [0.1, 0.15) is 16.3 Å². The quantitative estimate of drug-likeness (QED) is 0.207. The molecule has 0 aliphatic heterocycles. The number of hydrogen-bond acceptors (Lipinski definition) is 7. The third kappa shape index (κ3) is 6.07. The van der Waals surface area contributed by atoms with E-state index < -0.39 is 34.8 Å². The number of benzene rings is 2. The van der Waals surface area contributed by atoms with Crippen molar-refractivity contribution in [3.8, 4) is 21.6 Å². The van der Waals surface area contributed by atoms with Crippen LogP contribution < -0.4 is 5.32 Å². The van der Waals surface area contributed by atoms with Gasteiger partial charge in [-0.2, -0.15) is 13.2 Å². The Morgan fingerprint density at radius 3 is 2.54 bits per heavy atom. The summed E-state index contributed by atoms with van der Waals surface area (Å²) in [6.07, 6.45) is -1.14. The zero-order valence-corrected chi connectivity index (χ0v) is 23.6. The molecule has 1 fully saturated rings. The summed E-state index contributed by atoms with van der Waals surface area (Å²) in [5.74, 6) is -1.67. The Morgan fingerprint density at radius 1 is 1.12 bits per heavy atom. The van der Waals surface area contributed by atoms with Gasteiger partial charge in [0.15, 0.2) is 0 Å². The van der Waals surface area contributed by atoms with E-state index in [1.807, 2.05) is 32.0 Å². The van der Waals surface area contributed by atoms with Crippen LogP contribution in [0.25, 0.3) is 21.6 Å². The van der Waals surface area contributed by atoms with Crippen molar-refractivity contribution in [2.75, 3.05) is 5.32 Å². The number of halogens is 4.